The van der Waals surface area contributed by atoms with E-state index in [0.717, 1.165) is 6.08 Å². The van der Waals surface area contributed by atoms with Crippen molar-refractivity contribution in [1.29, 1.82) is 5.26 Å². The minimum Gasteiger partial charge on any atom is -0.478 e. The number of benzene rings is 1. The summed E-state index contributed by atoms with van der Waals surface area (Å²) in [4.78, 5) is 21.5. The summed E-state index contributed by atoms with van der Waals surface area (Å²) < 4.78 is 4.85. The first-order chi connectivity index (χ1) is 8.52. The molecule has 1 N–H and O–H groups in total. The van der Waals surface area contributed by atoms with E-state index in [1.807, 2.05) is 0 Å². The predicted octanol–water partition coefficient (Wildman–Crippen LogP) is 1.77. The molecule has 0 radical (unpaired) electrons. The van der Waals surface area contributed by atoms with E-state index in [2.05, 4.69) is 6.58 Å². The third-order valence-electron chi connectivity index (χ3n) is 1.89. The van der Waals surface area contributed by atoms with Crippen molar-refractivity contribution in [2.75, 3.05) is 0 Å². The molecule has 0 unspecified atom stereocenters. The number of aliphatic carboxylic acids is 1. The van der Waals surface area contributed by atoms with Crippen molar-refractivity contribution in [3.8, 4) is 11.8 Å². The summed E-state index contributed by atoms with van der Waals surface area (Å²) in [6.07, 6.45) is 2.40. The van der Waals surface area contributed by atoms with E-state index in [4.69, 9.17) is 15.1 Å². The van der Waals surface area contributed by atoms with Gasteiger partial charge in [-0.2, -0.15) is 5.26 Å². The van der Waals surface area contributed by atoms with Gasteiger partial charge in [0.25, 0.3) is 0 Å². The Labute approximate surface area is 103 Å². The molecule has 0 atom stereocenters. The number of rotatable bonds is 4. The minimum atomic E-state index is -1.05. The fourth-order valence-corrected chi connectivity index (χ4v) is 1.03. The first-order valence-corrected chi connectivity index (χ1v) is 4.85. The highest BCUT2D eigenvalue weighted by molar-refractivity contribution is 5.93. The normalized spacial score (nSPS) is 9.72. The van der Waals surface area contributed by atoms with Crippen LogP contribution in [0.3, 0.4) is 0 Å². The quantitative estimate of drug-likeness (QED) is 0.377. The largest absolute Gasteiger partial charge is 0.478 e. The second-order valence-corrected chi connectivity index (χ2v) is 3.22. The molecular weight excluding hydrogens is 234 g/mol. The van der Waals surface area contributed by atoms with Gasteiger partial charge in [-0.3, -0.25) is 0 Å². The molecule has 5 nitrogen and oxygen atoms in total. The Morgan fingerprint density at radius 3 is 2.44 bits per heavy atom. The Kier molecular flexibility index (Phi) is 4.41. The number of hydrogen-bond donors (Lipinski definition) is 1. The summed E-state index contributed by atoms with van der Waals surface area (Å²) in [6.45, 7) is 3.22. The molecule has 0 aliphatic rings. The number of carbonyl (C=O) groups is 2. The lowest BCUT2D eigenvalue weighted by Gasteiger charge is -2.02. The molecule has 0 spiro atoms. The van der Waals surface area contributed by atoms with E-state index in [1.54, 1.807) is 18.2 Å². The number of hydrogen-bond acceptors (Lipinski definition) is 4. The van der Waals surface area contributed by atoms with Crippen LogP contribution in [0.25, 0.3) is 6.08 Å². The summed E-state index contributed by atoms with van der Waals surface area (Å²) in [5.41, 5.74) is 0.362. The van der Waals surface area contributed by atoms with Gasteiger partial charge in [-0.25, -0.2) is 9.59 Å². The van der Waals surface area contributed by atoms with Crippen LogP contribution >= 0.6 is 0 Å². The van der Waals surface area contributed by atoms with Gasteiger partial charge in [-0.1, -0.05) is 18.7 Å². The van der Waals surface area contributed by atoms with Gasteiger partial charge < -0.3 is 9.84 Å². The molecule has 18 heavy (non-hydrogen) atoms. The third-order valence-corrected chi connectivity index (χ3v) is 1.89. The van der Waals surface area contributed by atoms with Crippen LogP contribution in [0.1, 0.15) is 5.56 Å². The standard InChI is InChI=1S/C13H9NO4/c1-9(8-14)13(17)18-11-5-2-10(3-6-11)4-7-12(15)16/h2-7H,1H2,(H,15,16)/b7-4+. The lowest BCUT2D eigenvalue weighted by Crippen LogP contribution is -2.08. The van der Waals surface area contributed by atoms with Crippen molar-refractivity contribution in [2.45, 2.75) is 0 Å². The number of carbonyl (C=O) groups excluding carboxylic acids is 1. The van der Waals surface area contributed by atoms with Crippen molar-refractivity contribution >= 4 is 18.0 Å². The Balaban J connectivity index is 2.72. The summed E-state index contributed by atoms with van der Waals surface area (Å²) in [5.74, 6) is -1.61. The summed E-state index contributed by atoms with van der Waals surface area (Å²) >= 11 is 0. The van der Waals surface area contributed by atoms with E-state index in [-0.39, 0.29) is 11.3 Å². The summed E-state index contributed by atoms with van der Waals surface area (Å²) in [5, 5.41) is 16.9. The number of esters is 1. The van der Waals surface area contributed by atoms with Crippen LogP contribution in [-0.2, 0) is 9.59 Å². The molecule has 0 aliphatic heterocycles. The van der Waals surface area contributed by atoms with Crippen molar-refractivity contribution in [3.63, 3.8) is 0 Å². The van der Waals surface area contributed by atoms with Gasteiger partial charge in [0.1, 0.15) is 17.4 Å². The van der Waals surface area contributed by atoms with Crippen LogP contribution < -0.4 is 4.74 Å². The fraction of sp³-hybridized carbons (Fsp3) is 0. The molecular formula is C13H9NO4. The van der Waals surface area contributed by atoms with Crippen LogP contribution in [0, 0.1) is 11.3 Å². The van der Waals surface area contributed by atoms with E-state index >= 15 is 0 Å². The van der Waals surface area contributed by atoms with Crippen LogP contribution in [0.15, 0.2) is 42.5 Å². The molecule has 0 saturated carbocycles. The number of nitriles is 1. The average molecular weight is 243 g/mol. The molecule has 0 saturated heterocycles. The maximum atomic E-state index is 11.2. The Morgan fingerprint density at radius 1 is 1.33 bits per heavy atom. The van der Waals surface area contributed by atoms with Gasteiger partial charge in [0.05, 0.1) is 0 Å². The zero-order chi connectivity index (χ0) is 13.5. The van der Waals surface area contributed by atoms with Gasteiger partial charge >= 0.3 is 11.9 Å². The highest BCUT2D eigenvalue weighted by Gasteiger charge is 2.08. The monoisotopic (exact) mass is 243 g/mol. The van der Waals surface area contributed by atoms with Gasteiger partial charge in [-0.05, 0) is 23.8 Å². The SMILES string of the molecule is C=C(C#N)C(=O)Oc1ccc(/C=C/C(=O)O)cc1. The highest BCUT2D eigenvalue weighted by atomic mass is 16.5. The topological polar surface area (TPSA) is 87.4 Å². The zero-order valence-electron chi connectivity index (χ0n) is 9.29. The Morgan fingerprint density at radius 2 is 1.94 bits per heavy atom. The van der Waals surface area contributed by atoms with Crippen LogP contribution in [0.5, 0.6) is 5.75 Å². The van der Waals surface area contributed by atoms with E-state index in [9.17, 15) is 9.59 Å². The highest BCUT2D eigenvalue weighted by Crippen LogP contribution is 2.14. The number of nitrogens with zero attached hydrogens (tertiary/aromatic N) is 1. The molecule has 90 valence electrons. The molecule has 1 rings (SSSR count). The summed E-state index contributed by atoms with van der Waals surface area (Å²) in [6, 6.07) is 7.73. The molecule has 5 heteroatoms. The minimum absolute atomic E-state index is 0.254. The lowest BCUT2D eigenvalue weighted by atomic mass is 10.2. The van der Waals surface area contributed by atoms with Crippen molar-refractivity contribution in [1.82, 2.24) is 0 Å². The molecule has 1 aromatic carbocycles. The summed E-state index contributed by atoms with van der Waals surface area (Å²) in [7, 11) is 0. The fourth-order valence-electron chi connectivity index (χ4n) is 1.03. The van der Waals surface area contributed by atoms with Crippen LogP contribution in [-0.4, -0.2) is 17.0 Å². The number of carboxylic acids is 1. The number of carboxylic acid groups (broad SMARTS) is 1. The van der Waals surface area contributed by atoms with Crippen molar-refractivity contribution in [2.24, 2.45) is 0 Å². The molecule has 1 aromatic rings. The van der Waals surface area contributed by atoms with Gasteiger partial charge in [0.2, 0.25) is 0 Å². The second-order valence-electron chi connectivity index (χ2n) is 3.22. The predicted molar refractivity (Wildman–Crippen MR) is 63.5 cm³/mol. The van der Waals surface area contributed by atoms with Gasteiger partial charge in [-0.15, -0.1) is 0 Å². The van der Waals surface area contributed by atoms with E-state index in [0.29, 0.717) is 5.56 Å². The van der Waals surface area contributed by atoms with Crippen molar-refractivity contribution < 1.29 is 19.4 Å². The first-order valence-electron chi connectivity index (χ1n) is 4.85. The average Bonchev–Trinajstić information content (AvgIpc) is 2.36. The molecule has 0 bridgehead atoms. The smallest absolute Gasteiger partial charge is 0.353 e. The molecule has 0 aliphatic carbocycles. The third kappa shape index (κ3) is 3.94. The number of ether oxygens (including phenoxy) is 1. The molecule has 0 heterocycles. The Hall–Kier alpha value is -2.87. The van der Waals surface area contributed by atoms with Gasteiger partial charge in [0, 0.05) is 6.08 Å². The maximum absolute atomic E-state index is 11.2. The zero-order valence-corrected chi connectivity index (χ0v) is 9.29. The first kappa shape index (κ1) is 13.2. The van der Waals surface area contributed by atoms with E-state index < -0.39 is 11.9 Å². The molecule has 0 aromatic heterocycles. The van der Waals surface area contributed by atoms with Crippen LogP contribution in [0.4, 0.5) is 0 Å². The maximum Gasteiger partial charge on any atom is 0.353 e. The van der Waals surface area contributed by atoms with E-state index in [1.165, 1.54) is 18.2 Å². The molecule has 0 fully saturated rings. The second kappa shape index (κ2) is 6.01. The Bertz CT molecular complexity index is 549. The van der Waals surface area contributed by atoms with Crippen LogP contribution in [0.2, 0.25) is 0 Å². The lowest BCUT2D eigenvalue weighted by molar-refractivity contribution is -0.131. The molecule has 0 amide bonds. The van der Waals surface area contributed by atoms with Gasteiger partial charge in [0.15, 0.2) is 0 Å². The van der Waals surface area contributed by atoms with Crippen molar-refractivity contribution in [3.05, 3.63) is 48.1 Å².